The lowest BCUT2D eigenvalue weighted by molar-refractivity contribution is -0.158. The highest BCUT2D eigenvalue weighted by molar-refractivity contribution is 5.98. The molecule has 2 N–H and O–H groups in total. The molecule has 0 aliphatic heterocycles. The van der Waals surface area contributed by atoms with Gasteiger partial charge in [0.05, 0.1) is 13.5 Å². The van der Waals surface area contributed by atoms with Crippen molar-refractivity contribution in [3.63, 3.8) is 0 Å². The summed E-state index contributed by atoms with van der Waals surface area (Å²) in [5.41, 5.74) is 0.0888. The molecule has 26 heavy (non-hydrogen) atoms. The number of esters is 2. The Hall–Kier alpha value is -2.90. The zero-order valence-corrected chi connectivity index (χ0v) is 15.5. The van der Waals surface area contributed by atoms with Crippen LogP contribution in [0.2, 0.25) is 0 Å². The van der Waals surface area contributed by atoms with Gasteiger partial charge in [-0.2, -0.15) is 0 Å². The van der Waals surface area contributed by atoms with Gasteiger partial charge in [0.25, 0.3) is 5.91 Å². The Balaban J connectivity index is 2.80. The van der Waals surface area contributed by atoms with Crippen LogP contribution in [0.5, 0.6) is 0 Å². The van der Waals surface area contributed by atoms with E-state index >= 15 is 0 Å². The maximum Gasteiger partial charge on any atom is 0.328 e. The number of hydrogen-bond donors (Lipinski definition) is 2. The molecule has 0 aliphatic carbocycles. The van der Waals surface area contributed by atoms with Gasteiger partial charge in [0, 0.05) is 18.2 Å². The largest absolute Gasteiger partial charge is 0.467 e. The van der Waals surface area contributed by atoms with E-state index in [1.807, 2.05) is 0 Å². The van der Waals surface area contributed by atoms with Crippen LogP contribution in [0.1, 0.15) is 44.5 Å². The Bertz CT molecular complexity index is 676. The predicted molar refractivity (Wildman–Crippen MR) is 94.5 cm³/mol. The molecule has 0 saturated heterocycles. The highest BCUT2D eigenvalue weighted by Gasteiger charge is 2.28. The van der Waals surface area contributed by atoms with Crippen molar-refractivity contribution in [2.24, 2.45) is 0 Å². The van der Waals surface area contributed by atoms with E-state index in [0.29, 0.717) is 5.69 Å². The monoisotopic (exact) mass is 364 g/mol. The molecule has 0 unspecified atom stereocenters. The number of rotatable bonds is 6. The van der Waals surface area contributed by atoms with Crippen molar-refractivity contribution in [1.82, 2.24) is 5.32 Å². The number of anilines is 1. The summed E-state index contributed by atoms with van der Waals surface area (Å²) in [5.74, 6) is -2.17. The van der Waals surface area contributed by atoms with Crippen LogP contribution in [0.3, 0.4) is 0 Å². The molecule has 1 atom stereocenters. The fourth-order valence-electron chi connectivity index (χ4n) is 2.04. The summed E-state index contributed by atoms with van der Waals surface area (Å²) >= 11 is 0. The minimum atomic E-state index is -1.17. The van der Waals surface area contributed by atoms with Crippen LogP contribution in [-0.4, -0.2) is 42.5 Å². The minimum Gasteiger partial charge on any atom is -0.467 e. The average Bonchev–Trinajstić information content (AvgIpc) is 2.51. The van der Waals surface area contributed by atoms with Crippen LogP contribution in [0, 0.1) is 0 Å². The van der Waals surface area contributed by atoms with E-state index < -0.39 is 29.5 Å². The molecule has 2 amide bonds. The molecule has 1 aromatic rings. The number of benzene rings is 1. The molecule has 0 heterocycles. The fourth-order valence-corrected chi connectivity index (χ4v) is 2.04. The van der Waals surface area contributed by atoms with Crippen molar-refractivity contribution >= 4 is 29.4 Å². The molecule has 0 bridgehead atoms. The summed E-state index contributed by atoms with van der Waals surface area (Å²) in [7, 11) is 1.17. The Morgan fingerprint density at radius 3 is 2.12 bits per heavy atom. The Labute approximate surface area is 152 Å². The van der Waals surface area contributed by atoms with Crippen molar-refractivity contribution in [3.05, 3.63) is 29.8 Å². The number of carbonyl (C=O) groups excluding carboxylic acids is 4. The first-order valence-corrected chi connectivity index (χ1v) is 8.00. The fraction of sp³-hybridized carbons (Fsp3) is 0.444. The maximum absolute atomic E-state index is 12.3. The Kier molecular flexibility index (Phi) is 7.30. The van der Waals surface area contributed by atoms with Crippen LogP contribution in [0.25, 0.3) is 0 Å². The molecule has 0 spiro atoms. The molecule has 142 valence electrons. The van der Waals surface area contributed by atoms with Crippen molar-refractivity contribution < 1.29 is 28.7 Å². The zero-order valence-electron chi connectivity index (χ0n) is 15.5. The van der Waals surface area contributed by atoms with Gasteiger partial charge in [-0.15, -0.1) is 0 Å². The zero-order chi connectivity index (χ0) is 19.9. The average molecular weight is 364 g/mol. The smallest absolute Gasteiger partial charge is 0.328 e. The van der Waals surface area contributed by atoms with E-state index in [4.69, 9.17) is 4.74 Å². The number of carbonyl (C=O) groups is 4. The van der Waals surface area contributed by atoms with E-state index in [9.17, 15) is 19.2 Å². The maximum atomic E-state index is 12.3. The van der Waals surface area contributed by atoms with Crippen LogP contribution in [-0.2, 0) is 23.9 Å². The predicted octanol–water partition coefficient (Wildman–Crippen LogP) is 1.65. The summed E-state index contributed by atoms with van der Waals surface area (Å²) in [6.45, 7) is 6.48. The van der Waals surface area contributed by atoms with Crippen molar-refractivity contribution in [2.45, 2.75) is 45.8 Å². The Morgan fingerprint density at radius 1 is 1.08 bits per heavy atom. The van der Waals surface area contributed by atoms with Gasteiger partial charge in [-0.05, 0) is 45.0 Å². The van der Waals surface area contributed by atoms with E-state index in [1.54, 1.807) is 32.9 Å². The topological polar surface area (TPSA) is 111 Å². The Morgan fingerprint density at radius 2 is 1.65 bits per heavy atom. The number of methoxy groups -OCH3 is 1. The van der Waals surface area contributed by atoms with E-state index in [1.165, 1.54) is 26.2 Å². The lowest BCUT2D eigenvalue weighted by atomic mass is 10.1. The summed E-state index contributed by atoms with van der Waals surface area (Å²) in [6, 6.07) is 4.91. The number of amides is 2. The molecule has 1 rings (SSSR count). The van der Waals surface area contributed by atoms with Gasteiger partial charge in [-0.1, -0.05) is 0 Å². The summed E-state index contributed by atoms with van der Waals surface area (Å²) < 4.78 is 9.80. The molecule has 8 nitrogen and oxygen atoms in total. The highest BCUT2D eigenvalue weighted by Crippen LogP contribution is 2.12. The molecule has 0 fully saturated rings. The van der Waals surface area contributed by atoms with Crippen LogP contribution >= 0.6 is 0 Å². The first-order valence-electron chi connectivity index (χ1n) is 8.00. The molecule has 0 saturated carbocycles. The van der Waals surface area contributed by atoms with Crippen LogP contribution < -0.4 is 10.6 Å². The summed E-state index contributed by atoms with van der Waals surface area (Å²) in [5, 5.41) is 5.04. The third-order valence-corrected chi connectivity index (χ3v) is 3.05. The van der Waals surface area contributed by atoms with E-state index in [0.717, 1.165) is 0 Å². The summed E-state index contributed by atoms with van der Waals surface area (Å²) in [6.07, 6.45) is -0.348. The van der Waals surface area contributed by atoms with E-state index in [-0.39, 0.29) is 17.9 Å². The molecular weight excluding hydrogens is 340 g/mol. The lowest BCUT2D eigenvalue weighted by Crippen LogP contribution is -2.43. The number of nitrogens with one attached hydrogen (secondary N) is 2. The standard InChI is InChI=1S/C18H24N2O6/c1-11(21)19-13-8-6-12(7-9-13)16(23)20-14(17(24)25-5)10-15(22)26-18(2,3)4/h6-9,14H,10H2,1-5H3,(H,19,21)(H,20,23)/t14-/m1/s1. The molecule has 8 heteroatoms. The third kappa shape index (κ3) is 7.33. The van der Waals surface area contributed by atoms with Gasteiger partial charge in [0.1, 0.15) is 11.6 Å². The number of hydrogen-bond acceptors (Lipinski definition) is 6. The van der Waals surface area contributed by atoms with Gasteiger partial charge >= 0.3 is 11.9 Å². The molecule has 1 aromatic carbocycles. The van der Waals surface area contributed by atoms with Gasteiger partial charge in [0.15, 0.2) is 0 Å². The second-order valence-corrected chi connectivity index (χ2v) is 6.60. The SMILES string of the molecule is COC(=O)[C@@H](CC(=O)OC(C)(C)C)NC(=O)c1ccc(NC(C)=O)cc1. The van der Waals surface area contributed by atoms with Crippen molar-refractivity contribution in [3.8, 4) is 0 Å². The van der Waals surface area contributed by atoms with Gasteiger partial charge in [-0.3, -0.25) is 14.4 Å². The highest BCUT2D eigenvalue weighted by atomic mass is 16.6. The molecule has 0 aliphatic rings. The normalized spacial score (nSPS) is 11.9. The molecule has 0 radical (unpaired) electrons. The molecule has 0 aromatic heterocycles. The quantitative estimate of drug-likeness (QED) is 0.743. The first-order chi connectivity index (χ1) is 12.0. The third-order valence-electron chi connectivity index (χ3n) is 3.05. The molecular formula is C18H24N2O6. The second kappa shape index (κ2) is 8.98. The van der Waals surface area contributed by atoms with Gasteiger partial charge in [0.2, 0.25) is 5.91 Å². The van der Waals surface area contributed by atoms with E-state index in [2.05, 4.69) is 15.4 Å². The number of ether oxygens (including phenoxy) is 2. The summed E-state index contributed by atoms with van der Waals surface area (Å²) in [4.78, 5) is 47.1. The van der Waals surface area contributed by atoms with Crippen molar-refractivity contribution in [2.75, 3.05) is 12.4 Å². The second-order valence-electron chi connectivity index (χ2n) is 6.60. The van der Waals surface area contributed by atoms with Gasteiger partial charge < -0.3 is 20.1 Å². The minimum absolute atomic E-state index is 0.231. The van der Waals surface area contributed by atoms with Crippen LogP contribution in [0.4, 0.5) is 5.69 Å². The first kappa shape index (κ1) is 21.1. The van der Waals surface area contributed by atoms with Crippen molar-refractivity contribution in [1.29, 1.82) is 0 Å². The van der Waals surface area contributed by atoms with Gasteiger partial charge in [-0.25, -0.2) is 4.79 Å². The lowest BCUT2D eigenvalue weighted by Gasteiger charge is -2.22. The van der Waals surface area contributed by atoms with Crippen LogP contribution in [0.15, 0.2) is 24.3 Å².